The zero-order valence-electron chi connectivity index (χ0n) is 10.4. The Hall–Kier alpha value is -1.07. The molecule has 0 aliphatic carbocycles. The summed E-state index contributed by atoms with van der Waals surface area (Å²) in [6.45, 7) is 6.99. The molecule has 0 aliphatic heterocycles. The van der Waals surface area contributed by atoms with Crippen LogP contribution in [0.3, 0.4) is 0 Å². The summed E-state index contributed by atoms with van der Waals surface area (Å²) < 4.78 is 1.02. The van der Waals surface area contributed by atoms with Gasteiger partial charge in [-0.15, -0.1) is 0 Å². The maximum atomic E-state index is 5.44. The van der Waals surface area contributed by atoms with E-state index in [1.807, 2.05) is 25.1 Å². The van der Waals surface area contributed by atoms with Crippen LogP contribution in [0, 0.1) is 12.8 Å². The third kappa shape index (κ3) is 4.36. The molecule has 17 heavy (non-hydrogen) atoms. The third-order valence-corrected chi connectivity index (χ3v) is 3.25. The first-order valence-corrected chi connectivity index (χ1v) is 6.37. The number of nitrogens with one attached hydrogen (secondary N) is 2. The van der Waals surface area contributed by atoms with Crippen LogP contribution < -0.4 is 16.6 Å². The van der Waals surface area contributed by atoms with E-state index in [1.54, 1.807) is 0 Å². The topological polar surface area (TPSA) is 62.4 Å². The number of aryl methyl sites for hydroxylation is 1. The maximum Gasteiger partial charge on any atom is 0.210 e. The van der Waals surface area contributed by atoms with Crippen LogP contribution in [0.1, 0.15) is 19.4 Å². The summed E-state index contributed by atoms with van der Waals surface area (Å²) in [7, 11) is 0. The highest BCUT2D eigenvalue weighted by Crippen LogP contribution is 2.25. The number of nitrogens with zero attached hydrogens (tertiary/aromatic N) is 1. The van der Waals surface area contributed by atoms with Gasteiger partial charge in [-0.1, -0.05) is 26.0 Å². The molecule has 0 radical (unpaired) electrons. The summed E-state index contributed by atoms with van der Waals surface area (Å²) in [5.41, 5.74) is 4.68. The SMILES string of the molecule is Cc1cccc(NC(=NCC(C)C)NN)c1Br. The van der Waals surface area contributed by atoms with Crippen LogP contribution in [0.25, 0.3) is 0 Å². The van der Waals surface area contributed by atoms with Crippen molar-refractivity contribution >= 4 is 27.6 Å². The highest BCUT2D eigenvalue weighted by atomic mass is 79.9. The first kappa shape index (κ1) is 14.0. The minimum absolute atomic E-state index is 0.501. The van der Waals surface area contributed by atoms with Crippen LogP contribution in [0.2, 0.25) is 0 Å². The molecule has 0 unspecified atom stereocenters. The van der Waals surface area contributed by atoms with Crippen LogP contribution in [0.4, 0.5) is 5.69 Å². The first-order chi connectivity index (χ1) is 8.04. The second-order valence-corrected chi connectivity index (χ2v) is 5.08. The molecule has 0 aliphatic rings. The van der Waals surface area contributed by atoms with Gasteiger partial charge in [0.15, 0.2) is 0 Å². The number of aliphatic imine (C=N–C) groups is 1. The highest BCUT2D eigenvalue weighted by Gasteiger charge is 2.04. The van der Waals surface area contributed by atoms with E-state index >= 15 is 0 Å². The standard InChI is InChI=1S/C12H19BrN4/c1-8(2)7-15-12(17-14)16-10-6-4-5-9(3)11(10)13/h4-6,8H,7,14H2,1-3H3,(H2,15,16,17). The summed E-state index contributed by atoms with van der Waals surface area (Å²) in [5.74, 6) is 6.51. The number of hydrazine groups is 1. The van der Waals surface area contributed by atoms with Gasteiger partial charge in [-0.2, -0.15) is 0 Å². The molecule has 0 atom stereocenters. The van der Waals surface area contributed by atoms with Crippen molar-refractivity contribution in [3.05, 3.63) is 28.2 Å². The van der Waals surface area contributed by atoms with Gasteiger partial charge in [0, 0.05) is 11.0 Å². The number of nitrogens with two attached hydrogens (primary N) is 1. The largest absolute Gasteiger partial charge is 0.324 e. The van der Waals surface area contributed by atoms with Crippen LogP contribution in [0.15, 0.2) is 27.7 Å². The summed E-state index contributed by atoms with van der Waals surface area (Å²) in [5, 5.41) is 3.16. The van der Waals surface area contributed by atoms with Gasteiger partial charge in [-0.05, 0) is 40.4 Å². The second kappa shape index (κ2) is 6.61. The Morgan fingerprint density at radius 3 is 2.76 bits per heavy atom. The first-order valence-electron chi connectivity index (χ1n) is 5.57. The summed E-state index contributed by atoms with van der Waals surface area (Å²) in [4.78, 5) is 4.36. The third-order valence-electron chi connectivity index (χ3n) is 2.20. The Balaban J connectivity index is 2.81. The molecule has 1 aromatic carbocycles. The average molecular weight is 299 g/mol. The van der Waals surface area contributed by atoms with E-state index in [0.717, 1.165) is 22.3 Å². The number of anilines is 1. The lowest BCUT2D eigenvalue weighted by Gasteiger charge is -2.12. The lowest BCUT2D eigenvalue weighted by atomic mass is 10.2. The smallest absolute Gasteiger partial charge is 0.210 e. The van der Waals surface area contributed by atoms with E-state index in [0.29, 0.717) is 11.9 Å². The molecule has 94 valence electrons. The number of hydrogen-bond donors (Lipinski definition) is 3. The fourth-order valence-corrected chi connectivity index (χ4v) is 1.63. The van der Waals surface area contributed by atoms with E-state index in [-0.39, 0.29) is 0 Å². The van der Waals surface area contributed by atoms with Crippen LogP contribution >= 0.6 is 15.9 Å². The molecular formula is C12H19BrN4. The number of hydrogen-bond acceptors (Lipinski definition) is 2. The number of rotatable bonds is 3. The van der Waals surface area contributed by atoms with Crippen molar-refractivity contribution in [3.63, 3.8) is 0 Å². The Labute approximate surface area is 111 Å². The van der Waals surface area contributed by atoms with Crippen LogP contribution in [0.5, 0.6) is 0 Å². The Bertz CT molecular complexity index is 401. The number of halogens is 1. The van der Waals surface area contributed by atoms with Crippen molar-refractivity contribution in [2.45, 2.75) is 20.8 Å². The van der Waals surface area contributed by atoms with Gasteiger partial charge in [0.25, 0.3) is 0 Å². The minimum Gasteiger partial charge on any atom is -0.324 e. The van der Waals surface area contributed by atoms with Gasteiger partial charge in [0.1, 0.15) is 0 Å². The fourth-order valence-electron chi connectivity index (χ4n) is 1.27. The lowest BCUT2D eigenvalue weighted by molar-refractivity contribution is 0.663. The molecule has 0 saturated carbocycles. The normalized spacial score (nSPS) is 11.8. The summed E-state index contributed by atoms with van der Waals surface area (Å²) >= 11 is 3.53. The van der Waals surface area contributed by atoms with Crippen LogP contribution in [-0.2, 0) is 0 Å². The molecule has 1 rings (SSSR count). The van der Waals surface area contributed by atoms with Crippen molar-refractivity contribution in [3.8, 4) is 0 Å². The highest BCUT2D eigenvalue weighted by molar-refractivity contribution is 9.10. The molecular weight excluding hydrogens is 280 g/mol. The predicted octanol–water partition coefficient (Wildman–Crippen LogP) is 2.64. The van der Waals surface area contributed by atoms with Gasteiger partial charge in [-0.25, -0.2) is 5.84 Å². The van der Waals surface area contributed by atoms with E-state index < -0.39 is 0 Å². The summed E-state index contributed by atoms with van der Waals surface area (Å²) in [6, 6.07) is 5.99. The zero-order valence-corrected chi connectivity index (χ0v) is 12.0. The van der Waals surface area contributed by atoms with E-state index in [2.05, 4.69) is 45.5 Å². The Kier molecular flexibility index (Phi) is 5.44. The van der Waals surface area contributed by atoms with E-state index in [1.165, 1.54) is 0 Å². The molecule has 5 heteroatoms. The molecule has 0 bridgehead atoms. The van der Waals surface area contributed by atoms with Crippen molar-refractivity contribution in [2.75, 3.05) is 11.9 Å². The molecule has 4 N–H and O–H groups in total. The Morgan fingerprint density at radius 2 is 2.18 bits per heavy atom. The molecule has 0 saturated heterocycles. The van der Waals surface area contributed by atoms with Crippen molar-refractivity contribution in [1.82, 2.24) is 5.43 Å². The van der Waals surface area contributed by atoms with Gasteiger partial charge in [-0.3, -0.25) is 10.4 Å². The number of benzene rings is 1. The molecule has 0 heterocycles. The van der Waals surface area contributed by atoms with Gasteiger partial charge >= 0.3 is 0 Å². The number of guanidine groups is 1. The van der Waals surface area contributed by atoms with Gasteiger partial charge in [0.2, 0.25) is 5.96 Å². The monoisotopic (exact) mass is 298 g/mol. The molecule has 0 fully saturated rings. The second-order valence-electron chi connectivity index (χ2n) is 4.29. The molecule has 4 nitrogen and oxygen atoms in total. The minimum atomic E-state index is 0.501. The quantitative estimate of drug-likeness (QED) is 0.348. The van der Waals surface area contributed by atoms with Crippen LogP contribution in [-0.4, -0.2) is 12.5 Å². The Morgan fingerprint density at radius 1 is 1.47 bits per heavy atom. The zero-order chi connectivity index (χ0) is 12.8. The fraction of sp³-hybridized carbons (Fsp3) is 0.417. The molecule has 1 aromatic rings. The van der Waals surface area contributed by atoms with Crippen molar-refractivity contribution < 1.29 is 0 Å². The predicted molar refractivity (Wildman–Crippen MR) is 77.0 cm³/mol. The molecule has 0 aromatic heterocycles. The average Bonchev–Trinajstić information content (AvgIpc) is 2.29. The van der Waals surface area contributed by atoms with E-state index in [9.17, 15) is 0 Å². The maximum absolute atomic E-state index is 5.44. The van der Waals surface area contributed by atoms with Gasteiger partial charge in [0.05, 0.1) is 5.69 Å². The van der Waals surface area contributed by atoms with E-state index in [4.69, 9.17) is 5.84 Å². The van der Waals surface area contributed by atoms with Crippen molar-refractivity contribution in [2.24, 2.45) is 16.8 Å². The van der Waals surface area contributed by atoms with Gasteiger partial charge < -0.3 is 5.32 Å². The molecule has 0 amide bonds. The lowest BCUT2D eigenvalue weighted by Crippen LogP contribution is -2.36. The molecule has 0 spiro atoms. The van der Waals surface area contributed by atoms with Crippen molar-refractivity contribution in [1.29, 1.82) is 0 Å². The summed E-state index contributed by atoms with van der Waals surface area (Å²) in [6.07, 6.45) is 0.